The molecule has 9 atom stereocenters. The van der Waals surface area contributed by atoms with Crippen molar-refractivity contribution in [3.63, 3.8) is 0 Å². The van der Waals surface area contributed by atoms with Crippen LogP contribution in [0.25, 0.3) is 20.9 Å². The predicted octanol–water partition coefficient (Wildman–Crippen LogP) is 9.08. The van der Waals surface area contributed by atoms with Crippen LogP contribution in [0.15, 0.2) is 84.3 Å². The molecule has 5 aromatic rings. The van der Waals surface area contributed by atoms with E-state index in [0.717, 1.165) is 0 Å². The van der Waals surface area contributed by atoms with Crippen LogP contribution in [0.4, 0.5) is 11.6 Å². The third-order valence-electron chi connectivity index (χ3n) is 13.1. The average Bonchev–Trinajstić information content (AvgIpc) is 1.79. The molecule has 3 fully saturated rings. The minimum Gasteiger partial charge on any atom is -0.400 e. The number of carbonyl (C=O) groups excluding carboxylic acids is 2. The second-order valence-electron chi connectivity index (χ2n) is 20.5. The minimum absolute atomic E-state index is 0. The Morgan fingerprint density at radius 2 is 1.38 bits per heavy atom. The van der Waals surface area contributed by atoms with Gasteiger partial charge in [-0.2, -0.15) is 4.98 Å². The Hall–Kier alpha value is -5.83. The van der Waals surface area contributed by atoms with E-state index in [9.17, 15) is 14.4 Å². The SMILES string of the molecule is C.[2H]C[C@@]1(COC)O[C@@H](n2cc(C)c(NC(=O)c3ccccc3)nc2=O)C[C@@H]1OP(OCC[N+]#[C-])N(C(C)C)C(C)C.[2H]C[C@@]12CO[C@@H]([C@H](n3cnc4c(NC(=O)c5ccccc5)ncnc43)O1)[C@@H]2OP(OCC[N+]#[C-])N(C(C)C)C(C)C.[3H]OC.[3H]OC. The van der Waals surface area contributed by atoms with Gasteiger partial charge in [-0.3, -0.25) is 18.7 Å². The van der Waals surface area contributed by atoms with Crippen molar-refractivity contribution < 1.29 is 59.6 Å². The lowest BCUT2D eigenvalue weighted by Gasteiger charge is -2.39. The van der Waals surface area contributed by atoms with Crippen molar-refractivity contribution >= 4 is 51.7 Å². The number of methoxy groups -OCH3 is 1. The van der Waals surface area contributed by atoms with Crippen LogP contribution >= 0.6 is 17.1 Å². The lowest BCUT2D eigenvalue weighted by Crippen LogP contribution is -2.43. The van der Waals surface area contributed by atoms with Crippen LogP contribution in [0.2, 0.25) is 0 Å². The second kappa shape index (κ2) is 33.9. The lowest BCUT2D eigenvalue weighted by atomic mass is 10.0. The van der Waals surface area contributed by atoms with Gasteiger partial charge in [-0.05, 0) is 100 Å². The number of hydrogen-bond acceptors (Lipinski definition) is 19. The van der Waals surface area contributed by atoms with E-state index in [1.807, 2.05) is 39.8 Å². The fraction of sp³-hybridized carbons (Fsp3) is 0.569. The van der Waals surface area contributed by atoms with Gasteiger partial charge in [0.25, 0.3) is 28.9 Å². The fourth-order valence-corrected chi connectivity index (χ4v) is 13.1. The maximum atomic E-state index is 13.2. The summed E-state index contributed by atoms with van der Waals surface area (Å²) in [6.45, 7) is 33.4. The van der Waals surface area contributed by atoms with E-state index in [0.29, 0.717) is 27.9 Å². The molecule has 8 rings (SSSR count). The summed E-state index contributed by atoms with van der Waals surface area (Å²) >= 11 is 0. The van der Waals surface area contributed by atoms with E-state index in [2.05, 4.69) is 87.5 Å². The van der Waals surface area contributed by atoms with Gasteiger partial charge in [-0.1, -0.05) is 43.8 Å². The van der Waals surface area contributed by atoms with E-state index in [1.165, 1.54) is 32.2 Å². The highest BCUT2D eigenvalue weighted by molar-refractivity contribution is 7.44. The summed E-state index contributed by atoms with van der Waals surface area (Å²) in [5.41, 5.74) is -0.441. The summed E-state index contributed by atoms with van der Waals surface area (Å²) in [7, 11) is 0.913. The number of aliphatic hydroxyl groups is 2. The van der Waals surface area contributed by atoms with Crippen molar-refractivity contribution in [2.45, 2.75) is 156 Å². The first-order valence-electron chi connectivity index (χ1n) is 29.4. The molecule has 2 amide bonds. The summed E-state index contributed by atoms with van der Waals surface area (Å²) < 4.78 is 85.6. The topological polar surface area (TPSA) is 266 Å². The molecule has 85 heavy (non-hydrogen) atoms. The van der Waals surface area contributed by atoms with E-state index in [-0.39, 0.29) is 115 Å². The van der Waals surface area contributed by atoms with Gasteiger partial charge in [-0.25, -0.2) is 42.2 Å². The molecule has 2 unspecified atom stereocenters. The van der Waals surface area contributed by atoms with Crippen LogP contribution in [0, 0.1) is 20.1 Å². The molecule has 27 heteroatoms. The number of aromatic nitrogens is 6. The molecule has 0 spiro atoms. The van der Waals surface area contributed by atoms with Gasteiger partial charge in [-0.15, -0.1) is 0 Å². The molecular weight excluding hydrogens is 1130 g/mol. The third kappa shape index (κ3) is 17.9. The number of imidazole rings is 1. The van der Waals surface area contributed by atoms with Crippen molar-refractivity contribution in [3.05, 3.63) is 130 Å². The highest BCUT2D eigenvalue weighted by atomic mass is 31.2. The summed E-state index contributed by atoms with van der Waals surface area (Å²) in [6.07, 6.45) is 1.50. The number of ether oxygens (including phenoxy) is 4. The molecule has 3 aliphatic rings. The number of anilines is 2. The Morgan fingerprint density at radius 1 is 0.835 bits per heavy atom. The highest BCUT2D eigenvalue weighted by Gasteiger charge is 2.62. The maximum Gasteiger partial charge on any atom is 0.351 e. The predicted molar refractivity (Wildman–Crippen MR) is 326 cm³/mol. The number of aryl methyl sites for hydroxylation is 1. The quantitative estimate of drug-likeness (QED) is 0.0255. The van der Waals surface area contributed by atoms with Crippen LogP contribution < -0.4 is 16.3 Å². The molecule has 3 aliphatic heterocycles. The van der Waals surface area contributed by atoms with Crippen molar-refractivity contribution in [1.82, 2.24) is 38.4 Å². The first kappa shape index (κ1) is 65.2. The zero-order chi connectivity index (χ0) is 64.7. The highest BCUT2D eigenvalue weighted by Crippen LogP contribution is 2.56. The number of carbonyl (C=O) groups is 2. The third-order valence-corrected chi connectivity index (χ3v) is 17.3. The molecule has 0 radical (unpaired) electrons. The average molecular weight is 1230 g/mol. The Bertz CT molecular complexity index is 3100. The normalized spacial score (nSPS) is 22.6. The van der Waals surface area contributed by atoms with Gasteiger partial charge < -0.3 is 67.6 Å². The van der Waals surface area contributed by atoms with Gasteiger partial charge in [0.1, 0.15) is 61.1 Å². The number of hydrogen-bond donors (Lipinski definition) is 4. The molecule has 2 aromatic carbocycles. The zero-order valence-corrected chi connectivity index (χ0v) is 51.5. The Morgan fingerprint density at radius 3 is 1.88 bits per heavy atom. The van der Waals surface area contributed by atoms with E-state index in [1.54, 1.807) is 72.5 Å². The Kier molecular flexibility index (Phi) is 26.0. The van der Waals surface area contributed by atoms with Crippen molar-refractivity contribution in [2.24, 2.45) is 0 Å². The van der Waals surface area contributed by atoms with Crippen molar-refractivity contribution in [3.8, 4) is 0 Å². The van der Waals surface area contributed by atoms with Crippen molar-refractivity contribution in [2.75, 3.05) is 71.5 Å². The number of aliphatic hydroxyl groups excluding tert-OH is 2. The molecule has 4 N–H and O–H groups in total. The van der Waals surface area contributed by atoms with Gasteiger partial charge in [0.2, 0.25) is 16.0 Å². The van der Waals surface area contributed by atoms with Crippen LogP contribution in [-0.4, -0.2) is 178 Å². The lowest BCUT2D eigenvalue weighted by molar-refractivity contribution is -0.164. The summed E-state index contributed by atoms with van der Waals surface area (Å²) in [5.74, 6) is -0.247. The maximum absolute atomic E-state index is 13.2. The zero-order valence-electron chi connectivity index (χ0n) is 53.7. The molecule has 3 aromatic heterocycles. The number of fused-ring (bicyclic) bond motifs is 3. The van der Waals surface area contributed by atoms with Gasteiger partial charge in [0.05, 0.1) is 19.5 Å². The summed E-state index contributed by atoms with van der Waals surface area (Å²) in [4.78, 5) is 62.7. The van der Waals surface area contributed by atoms with E-state index >= 15 is 0 Å². The molecule has 466 valence electrons. The molecule has 25 nitrogen and oxygen atoms in total. The van der Waals surface area contributed by atoms with Gasteiger partial charge >= 0.3 is 5.69 Å². The van der Waals surface area contributed by atoms with Crippen LogP contribution in [0.3, 0.4) is 0 Å². The van der Waals surface area contributed by atoms with Crippen molar-refractivity contribution in [1.29, 1.82) is 2.86 Å². The van der Waals surface area contributed by atoms with Crippen LogP contribution in [0.1, 0.15) is 125 Å². The van der Waals surface area contributed by atoms with Crippen LogP contribution in [0.5, 0.6) is 0 Å². The monoisotopic (exact) mass is 1230 g/mol. The Labute approximate surface area is 508 Å². The smallest absolute Gasteiger partial charge is 0.351 e. The second-order valence-corrected chi connectivity index (χ2v) is 23.3. The van der Waals surface area contributed by atoms with Gasteiger partial charge in [0.15, 0.2) is 23.2 Å². The van der Waals surface area contributed by atoms with E-state index in [4.69, 9.17) is 55.8 Å². The molecular formula is C58H86N12O13P2. The number of benzene rings is 2. The first-order chi connectivity index (χ1) is 42.2. The largest absolute Gasteiger partial charge is 0.400 e. The first-order valence-corrected chi connectivity index (χ1v) is 29.4. The molecule has 3 saturated heterocycles. The summed E-state index contributed by atoms with van der Waals surface area (Å²) in [5, 5.41) is 12.5. The molecule has 0 saturated carbocycles. The Balaban J connectivity index is 0.000000346. The molecule has 2 bridgehead atoms. The fourth-order valence-electron chi connectivity index (χ4n) is 9.54. The van der Waals surface area contributed by atoms with E-state index < -0.39 is 64.7 Å². The molecule has 6 heterocycles. The van der Waals surface area contributed by atoms with Gasteiger partial charge in [0, 0.05) is 77.5 Å². The summed E-state index contributed by atoms with van der Waals surface area (Å²) in [6, 6.07) is 17.9. The number of nitrogens with one attached hydrogen (secondary N) is 2. The molecule has 0 aliphatic carbocycles. The number of amides is 2. The number of nitrogens with zero attached hydrogens (tertiary/aromatic N) is 10. The van der Waals surface area contributed by atoms with Crippen LogP contribution in [-0.2, 0) is 37.0 Å². The minimum atomic E-state index is -1.62. The number of rotatable bonds is 24. The standard InChI is InChI=1S/C28H40N5O6P.C27H34N7O5P.2CH4O.CH4/c1-19(2)33(20(3)4)40(37-15-14-29-7)39-23-16-24(38-28(23,6)18-36-8)32-17-21(5)25(31-27(32)35)30-26(34)22-12-10-9-11-13-22;1-17(2)34(18(3)4)40(37-13-12-28-6)39-22-21-26(38-27(22,5)14-36-21)33-16-31-20-23(29-15-30-24(20)33)32-25(35)19-10-8-7-9-11-19;2*1-2;/h9-13,17,19-20,23-24H,14-16,18H2,1-6,8H3,(H,30,31,34,35);7-11,15-18,21-22,26H,12-14H2,1-5H3,(H,29,30,32,35);2*2H,1H3;1H4/t23-,24+,28-,40?;21-,22+,26-,27+,40?;;;/m01.../s1/i6D;5D;2*2T;.